The number of hydrogen-bond donors (Lipinski definition) is 1. The first-order valence-corrected chi connectivity index (χ1v) is 5.22. The quantitative estimate of drug-likeness (QED) is 0.797. The molecular formula is C12H13F2NO. The summed E-state index contributed by atoms with van der Waals surface area (Å²) in [5.41, 5.74) is 1.18. The van der Waals surface area contributed by atoms with Gasteiger partial charge in [0.1, 0.15) is 12.4 Å². The molecule has 0 unspecified atom stereocenters. The third kappa shape index (κ3) is 2.79. The van der Waals surface area contributed by atoms with Crippen molar-refractivity contribution in [2.24, 2.45) is 0 Å². The molecule has 0 saturated carbocycles. The van der Waals surface area contributed by atoms with Crippen molar-refractivity contribution in [3.05, 3.63) is 41.5 Å². The minimum absolute atomic E-state index is 0.360. The van der Waals surface area contributed by atoms with Gasteiger partial charge in [-0.15, -0.1) is 0 Å². The highest BCUT2D eigenvalue weighted by molar-refractivity contribution is 5.24. The van der Waals surface area contributed by atoms with Gasteiger partial charge in [-0.05, 0) is 30.7 Å². The van der Waals surface area contributed by atoms with Gasteiger partial charge in [-0.3, -0.25) is 0 Å². The zero-order valence-corrected chi connectivity index (χ0v) is 8.80. The molecule has 2 rings (SSSR count). The van der Waals surface area contributed by atoms with E-state index in [2.05, 4.69) is 11.4 Å². The Balaban J connectivity index is 1.94. The fourth-order valence-electron chi connectivity index (χ4n) is 1.54. The Morgan fingerprint density at radius 2 is 2.12 bits per heavy atom. The molecule has 1 heterocycles. The molecule has 1 N–H and O–H groups in total. The van der Waals surface area contributed by atoms with Crippen LogP contribution in [0.1, 0.15) is 6.42 Å². The molecule has 0 saturated heterocycles. The molecule has 1 aliphatic heterocycles. The maximum Gasteiger partial charge on any atom is 0.162 e. The van der Waals surface area contributed by atoms with Crippen LogP contribution in [0.2, 0.25) is 0 Å². The number of rotatable bonds is 3. The number of hydrogen-bond acceptors (Lipinski definition) is 2. The molecule has 1 aromatic carbocycles. The SMILES string of the molecule is Fc1ccc(OCC2=CCNCC2)cc1F. The monoisotopic (exact) mass is 225 g/mol. The molecule has 1 aliphatic rings. The van der Waals surface area contributed by atoms with E-state index in [0.29, 0.717) is 12.4 Å². The summed E-state index contributed by atoms with van der Waals surface area (Å²) in [5.74, 6) is -1.37. The van der Waals surface area contributed by atoms with E-state index in [0.717, 1.165) is 31.6 Å². The molecule has 0 fully saturated rings. The summed E-state index contributed by atoms with van der Waals surface area (Å²) in [7, 11) is 0. The van der Waals surface area contributed by atoms with E-state index in [9.17, 15) is 8.78 Å². The molecule has 0 aromatic heterocycles. The molecule has 0 aliphatic carbocycles. The van der Waals surface area contributed by atoms with Crippen molar-refractivity contribution in [1.29, 1.82) is 0 Å². The second-order valence-electron chi connectivity index (χ2n) is 3.68. The minimum atomic E-state index is -0.878. The summed E-state index contributed by atoms with van der Waals surface area (Å²) in [6, 6.07) is 3.57. The van der Waals surface area contributed by atoms with Gasteiger partial charge in [-0.2, -0.15) is 0 Å². The molecule has 16 heavy (non-hydrogen) atoms. The molecule has 0 amide bonds. The lowest BCUT2D eigenvalue weighted by molar-refractivity contribution is 0.340. The zero-order valence-electron chi connectivity index (χ0n) is 8.80. The van der Waals surface area contributed by atoms with Crippen LogP contribution < -0.4 is 10.1 Å². The number of halogens is 2. The van der Waals surface area contributed by atoms with Crippen LogP contribution in [0.4, 0.5) is 8.78 Å². The summed E-state index contributed by atoms with van der Waals surface area (Å²) in [6.45, 7) is 2.22. The predicted octanol–water partition coefficient (Wildman–Crippen LogP) is 2.26. The van der Waals surface area contributed by atoms with Gasteiger partial charge in [0.25, 0.3) is 0 Å². The van der Waals surface area contributed by atoms with Gasteiger partial charge >= 0.3 is 0 Å². The van der Waals surface area contributed by atoms with E-state index in [-0.39, 0.29) is 0 Å². The van der Waals surface area contributed by atoms with Crippen molar-refractivity contribution in [3.8, 4) is 5.75 Å². The highest BCUT2D eigenvalue weighted by atomic mass is 19.2. The average Bonchev–Trinajstić information content (AvgIpc) is 2.32. The van der Waals surface area contributed by atoms with Crippen LogP contribution in [0.25, 0.3) is 0 Å². The van der Waals surface area contributed by atoms with Crippen LogP contribution in [0.3, 0.4) is 0 Å². The minimum Gasteiger partial charge on any atom is -0.489 e. The van der Waals surface area contributed by atoms with Gasteiger partial charge in [0.15, 0.2) is 11.6 Å². The van der Waals surface area contributed by atoms with E-state index in [1.165, 1.54) is 11.6 Å². The van der Waals surface area contributed by atoms with E-state index < -0.39 is 11.6 Å². The molecule has 0 radical (unpaired) electrons. The number of ether oxygens (including phenoxy) is 1. The Morgan fingerprint density at radius 3 is 2.81 bits per heavy atom. The van der Waals surface area contributed by atoms with Gasteiger partial charge < -0.3 is 10.1 Å². The molecule has 86 valence electrons. The molecular weight excluding hydrogens is 212 g/mol. The van der Waals surface area contributed by atoms with Crippen molar-refractivity contribution in [2.75, 3.05) is 19.7 Å². The van der Waals surface area contributed by atoms with Crippen molar-refractivity contribution in [2.45, 2.75) is 6.42 Å². The Labute approximate surface area is 92.9 Å². The first kappa shape index (κ1) is 11.1. The molecule has 0 spiro atoms. The summed E-state index contributed by atoms with van der Waals surface area (Å²) in [6.07, 6.45) is 2.99. The largest absolute Gasteiger partial charge is 0.489 e. The standard InChI is InChI=1S/C12H13F2NO/c13-11-2-1-10(7-12(11)14)16-8-9-3-5-15-6-4-9/h1-3,7,15H,4-6,8H2. The van der Waals surface area contributed by atoms with E-state index in [1.807, 2.05) is 0 Å². The van der Waals surface area contributed by atoms with Crippen LogP contribution in [0.5, 0.6) is 5.75 Å². The first-order chi connectivity index (χ1) is 7.75. The topological polar surface area (TPSA) is 21.3 Å². The Bertz CT molecular complexity index is 404. The first-order valence-electron chi connectivity index (χ1n) is 5.22. The highest BCUT2D eigenvalue weighted by Gasteiger charge is 2.06. The second-order valence-corrected chi connectivity index (χ2v) is 3.68. The lowest BCUT2D eigenvalue weighted by Gasteiger charge is -2.14. The van der Waals surface area contributed by atoms with Crippen LogP contribution in [0.15, 0.2) is 29.8 Å². The molecule has 4 heteroatoms. The zero-order chi connectivity index (χ0) is 11.4. The van der Waals surface area contributed by atoms with Gasteiger partial charge in [0.2, 0.25) is 0 Å². The predicted molar refractivity (Wildman–Crippen MR) is 57.4 cm³/mol. The summed E-state index contributed by atoms with van der Waals surface area (Å²) >= 11 is 0. The fraction of sp³-hybridized carbons (Fsp3) is 0.333. The van der Waals surface area contributed by atoms with Crippen molar-refractivity contribution in [1.82, 2.24) is 5.32 Å². The normalized spacial score (nSPS) is 15.8. The fourth-order valence-corrected chi connectivity index (χ4v) is 1.54. The maximum absolute atomic E-state index is 12.9. The van der Waals surface area contributed by atoms with Crippen molar-refractivity contribution >= 4 is 0 Å². The molecule has 2 nitrogen and oxygen atoms in total. The summed E-state index contributed by atoms with van der Waals surface area (Å²) < 4.78 is 30.9. The third-order valence-corrected chi connectivity index (χ3v) is 2.47. The second kappa shape index (κ2) is 5.07. The van der Waals surface area contributed by atoms with Gasteiger partial charge in [0.05, 0.1) is 0 Å². The van der Waals surface area contributed by atoms with Gasteiger partial charge in [-0.25, -0.2) is 8.78 Å². The van der Waals surface area contributed by atoms with Crippen LogP contribution in [0, 0.1) is 11.6 Å². The summed E-state index contributed by atoms with van der Waals surface area (Å²) in [5, 5.41) is 3.19. The van der Waals surface area contributed by atoms with Crippen molar-refractivity contribution in [3.63, 3.8) is 0 Å². The Kier molecular flexibility index (Phi) is 3.51. The molecule has 1 aromatic rings. The third-order valence-electron chi connectivity index (χ3n) is 2.47. The summed E-state index contributed by atoms with van der Waals surface area (Å²) in [4.78, 5) is 0. The maximum atomic E-state index is 12.9. The molecule has 0 bridgehead atoms. The van der Waals surface area contributed by atoms with Gasteiger partial charge in [0, 0.05) is 12.6 Å². The highest BCUT2D eigenvalue weighted by Crippen LogP contribution is 2.16. The smallest absolute Gasteiger partial charge is 0.162 e. The number of benzene rings is 1. The van der Waals surface area contributed by atoms with Crippen LogP contribution in [-0.2, 0) is 0 Å². The van der Waals surface area contributed by atoms with E-state index in [1.54, 1.807) is 0 Å². The van der Waals surface area contributed by atoms with Crippen LogP contribution in [-0.4, -0.2) is 19.7 Å². The van der Waals surface area contributed by atoms with Crippen LogP contribution >= 0.6 is 0 Å². The lowest BCUT2D eigenvalue weighted by Crippen LogP contribution is -2.22. The molecule has 0 atom stereocenters. The number of nitrogens with one attached hydrogen (secondary N) is 1. The van der Waals surface area contributed by atoms with Crippen molar-refractivity contribution < 1.29 is 13.5 Å². The lowest BCUT2D eigenvalue weighted by atomic mass is 10.1. The van der Waals surface area contributed by atoms with E-state index in [4.69, 9.17) is 4.74 Å². The van der Waals surface area contributed by atoms with E-state index >= 15 is 0 Å². The Morgan fingerprint density at radius 1 is 1.25 bits per heavy atom. The Hall–Kier alpha value is -1.42. The van der Waals surface area contributed by atoms with Gasteiger partial charge in [-0.1, -0.05) is 6.08 Å². The average molecular weight is 225 g/mol.